The topological polar surface area (TPSA) is 124 Å². The molecule has 1 amide bonds. The van der Waals surface area contributed by atoms with E-state index in [4.69, 9.17) is 20.4 Å². The van der Waals surface area contributed by atoms with Gasteiger partial charge in [-0.1, -0.05) is 30.3 Å². The van der Waals surface area contributed by atoms with Crippen LogP contribution in [-0.2, 0) is 4.74 Å². The Labute approximate surface area is 212 Å². The summed E-state index contributed by atoms with van der Waals surface area (Å²) in [4.78, 5) is 34.6. The summed E-state index contributed by atoms with van der Waals surface area (Å²) in [5.41, 5.74) is 12.5. The number of esters is 1. The number of amides is 1. The molecule has 5 aromatic rings. The van der Waals surface area contributed by atoms with Gasteiger partial charge in [-0.05, 0) is 66.9 Å². The molecule has 2 heterocycles. The molecule has 2 aromatic heterocycles. The number of hydrogen-bond donors (Lipinski definition) is 2. The minimum absolute atomic E-state index is 0.106. The van der Waals surface area contributed by atoms with Crippen LogP contribution >= 0.6 is 0 Å². The molecule has 9 heteroatoms. The van der Waals surface area contributed by atoms with Crippen molar-refractivity contribution in [3.8, 4) is 0 Å². The SMILES string of the molecule is COC(=O)c1ccc(C=Nn2c(N)c(C(=O)Nc3cc(C)cc(C)c3)c3nc4ccccc4nc32)cc1. The van der Waals surface area contributed by atoms with Gasteiger partial charge in [-0.25, -0.2) is 14.8 Å². The fourth-order valence-corrected chi connectivity index (χ4v) is 4.18. The van der Waals surface area contributed by atoms with Gasteiger partial charge in [-0.2, -0.15) is 9.78 Å². The molecule has 0 aliphatic rings. The molecule has 0 atom stereocenters. The number of hydrogen-bond acceptors (Lipinski definition) is 7. The van der Waals surface area contributed by atoms with Crippen LogP contribution in [0.5, 0.6) is 0 Å². The summed E-state index contributed by atoms with van der Waals surface area (Å²) in [5, 5.41) is 7.45. The zero-order chi connectivity index (χ0) is 26.1. The van der Waals surface area contributed by atoms with Gasteiger partial charge in [0.25, 0.3) is 5.91 Å². The second-order valence-corrected chi connectivity index (χ2v) is 8.65. The Morgan fingerprint density at radius 1 is 0.973 bits per heavy atom. The lowest BCUT2D eigenvalue weighted by Crippen LogP contribution is -2.14. The van der Waals surface area contributed by atoms with Crippen molar-refractivity contribution in [3.63, 3.8) is 0 Å². The van der Waals surface area contributed by atoms with Gasteiger partial charge in [0.15, 0.2) is 5.65 Å². The molecule has 0 aliphatic heterocycles. The van der Waals surface area contributed by atoms with Crippen LogP contribution in [0.4, 0.5) is 11.5 Å². The van der Waals surface area contributed by atoms with Crippen LogP contribution in [0.25, 0.3) is 22.2 Å². The molecule has 0 unspecified atom stereocenters. The number of ether oxygens (including phenoxy) is 1. The van der Waals surface area contributed by atoms with Crippen LogP contribution in [0, 0.1) is 13.8 Å². The summed E-state index contributed by atoms with van der Waals surface area (Å²) in [5.74, 6) is -0.728. The summed E-state index contributed by atoms with van der Waals surface area (Å²) in [7, 11) is 1.33. The minimum Gasteiger partial charge on any atom is -0.465 e. The molecule has 0 radical (unpaired) electrons. The van der Waals surface area contributed by atoms with Gasteiger partial charge in [0.1, 0.15) is 16.9 Å². The fourth-order valence-electron chi connectivity index (χ4n) is 4.18. The third-order valence-electron chi connectivity index (χ3n) is 5.83. The molecule has 3 aromatic carbocycles. The number of nitrogen functional groups attached to an aromatic ring is 1. The number of carbonyl (C=O) groups excluding carboxylic acids is 2. The first-order valence-electron chi connectivity index (χ1n) is 11.5. The number of aryl methyl sites for hydroxylation is 2. The summed E-state index contributed by atoms with van der Waals surface area (Å²) < 4.78 is 6.14. The smallest absolute Gasteiger partial charge is 0.337 e. The number of carbonyl (C=O) groups is 2. The predicted octanol–water partition coefficient (Wildman–Crippen LogP) is 4.70. The van der Waals surface area contributed by atoms with E-state index in [0.29, 0.717) is 39.0 Å². The quantitative estimate of drug-likeness (QED) is 0.271. The van der Waals surface area contributed by atoms with Crippen molar-refractivity contribution in [2.45, 2.75) is 13.8 Å². The summed E-state index contributed by atoms with van der Waals surface area (Å²) >= 11 is 0. The Kier molecular flexibility index (Phi) is 6.10. The van der Waals surface area contributed by atoms with Gasteiger partial charge in [-0.3, -0.25) is 4.79 Å². The Bertz CT molecular complexity index is 1680. The van der Waals surface area contributed by atoms with Crippen molar-refractivity contribution in [1.29, 1.82) is 0 Å². The van der Waals surface area contributed by atoms with E-state index in [1.807, 2.05) is 56.3 Å². The normalized spacial score (nSPS) is 11.3. The molecule has 0 fully saturated rings. The molecule has 3 N–H and O–H groups in total. The Morgan fingerprint density at radius 3 is 2.27 bits per heavy atom. The van der Waals surface area contributed by atoms with Crippen LogP contribution in [0.1, 0.15) is 37.4 Å². The number of anilines is 2. The molecule has 0 aliphatic carbocycles. The Hall–Kier alpha value is -5.05. The largest absolute Gasteiger partial charge is 0.465 e. The number of nitrogens with one attached hydrogen (secondary N) is 1. The molecule has 37 heavy (non-hydrogen) atoms. The van der Waals surface area contributed by atoms with Crippen molar-refractivity contribution in [2.24, 2.45) is 5.10 Å². The summed E-state index contributed by atoms with van der Waals surface area (Å²) in [6, 6.07) is 19.9. The number of fused-ring (bicyclic) bond motifs is 2. The van der Waals surface area contributed by atoms with Gasteiger partial charge in [0, 0.05) is 5.69 Å². The van der Waals surface area contributed by atoms with Crippen LogP contribution in [-0.4, -0.2) is 39.8 Å². The number of benzene rings is 3. The number of rotatable bonds is 5. The van der Waals surface area contributed by atoms with Crippen molar-refractivity contribution in [2.75, 3.05) is 18.2 Å². The van der Waals surface area contributed by atoms with E-state index >= 15 is 0 Å². The van der Waals surface area contributed by atoms with Crippen LogP contribution < -0.4 is 11.1 Å². The van der Waals surface area contributed by atoms with E-state index < -0.39 is 11.9 Å². The molecule has 0 saturated heterocycles. The van der Waals surface area contributed by atoms with Gasteiger partial charge in [0.2, 0.25) is 0 Å². The lowest BCUT2D eigenvalue weighted by molar-refractivity contribution is 0.0600. The minimum atomic E-state index is -0.425. The standard InChI is InChI=1S/C28H24N6O3/c1-16-12-17(2)14-20(13-16)31-27(35)23-24-26(33-22-7-5-4-6-21(22)32-24)34(25(23)29)30-15-18-8-10-19(11-9-18)28(36)37-3/h4-15H,29H2,1-3H3,(H,31,35). The maximum atomic E-state index is 13.5. The molecular weight excluding hydrogens is 468 g/mol. The molecular formula is C28H24N6O3. The first kappa shape index (κ1) is 23.7. The monoisotopic (exact) mass is 492 g/mol. The molecule has 0 bridgehead atoms. The van der Waals surface area contributed by atoms with Crippen LogP contribution in [0.3, 0.4) is 0 Å². The zero-order valence-electron chi connectivity index (χ0n) is 20.5. The third kappa shape index (κ3) is 4.62. The van der Waals surface area contributed by atoms with Crippen molar-refractivity contribution >= 4 is 51.8 Å². The molecule has 5 rings (SSSR count). The molecule has 9 nitrogen and oxygen atoms in total. The average molecular weight is 493 g/mol. The fraction of sp³-hybridized carbons (Fsp3) is 0.107. The van der Waals surface area contributed by atoms with Gasteiger partial charge >= 0.3 is 5.97 Å². The van der Waals surface area contributed by atoms with Gasteiger partial charge in [0.05, 0.1) is 29.9 Å². The summed E-state index contributed by atoms with van der Waals surface area (Å²) in [6.07, 6.45) is 1.57. The average Bonchev–Trinajstić information content (AvgIpc) is 3.15. The van der Waals surface area contributed by atoms with E-state index in [1.54, 1.807) is 30.5 Å². The third-order valence-corrected chi connectivity index (χ3v) is 5.83. The second kappa shape index (κ2) is 9.54. The highest BCUT2D eigenvalue weighted by molar-refractivity contribution is 6.16. The predicted molar refractivity (Wildman–Crippen MR) is 144 cm³/mol. The highest BCUT2D eigenvalue weighted by atomic mass is 16.5. The summed E-state index contributed by atoms with van der Waals surface area (Å²) in [6.45, 7) is 3.93. The van der Waals surface area contributed by atoms with Crippen LogP contribution in [0.15, 0.2) is 71.8 Å². The highest BCUT2D eigenvalue weighted by Crippen LogP contribution is 2.29. The lowest BCUT2D eigenvalue weighted by atomic mass is 10.1. The van der Waals surface area contributed by atoms with E-state index in [9.17, 15) is 9.59 Å². The van der Waals surface area contributed by atoms with Crippen molar-refractivity contribution in [1.82, 2.24) is 14.6 Å². The van der Waals surface area contributed by atoms with Crippen molar-refractivity contribution < 1.29 is 14.3 Å². The van der Waals surface area contributed by atoms with E-state index in [-0.39, 0.29) is 11.4 Å². The first-order chi connectivity index (χ1) is 17.8. The maximum absolute atomic E-state index is 13.5. The van der Waals surface area contributed by atoms with Gasteiger partial charge in [-0.15, -0.1) is 0 Å². The van der Waals surface area contributed by atoms with E-state index in [1.165, 1.54) is 11.8 Å². The van der Waals surface area contributed by atoms with E-state index in [2.05, 4.69) is 10.4 Å². The van der Waals surface area contributed by atoms with Crippen LogP contribution in [0.2, 0.25) is 0 Å². The van der Waals surface area contributed by atoms with E-state index in [0.717, 1.165) is 11.1 Å². The molecule has 0 saturated carbocycles. The Balaban J connectivity index is 1.60. The van der Waals surface area contributed by atoms with Crippen molar-refractivity contribution in [3.05, 3.63) is 94.5 Å². The zero-order valence-corrected chi connectivity index (χ0v) is 20.5. The maximum Gasteiger partial charge on any atom is 0.337 e. The molecule has 184 valence electrons. The van der Waals surface area contributed by atoms with Gasteiger partial charge < -0.3 is 15.8 Å². The number of nitrogens with two attached hydrogens (primary N) is 1. The molecule has 0 spiro atoms. The number of para-hydroxylation sites is 2. The number of nitrogens with zero attached hydrogens (tertiary/aromatic N) is 4. The number of methoxy groups -OCH3 is 1. The number of aromatic nitrogens is 3. The second-order valence-electron chi connectivity index (χ2n) is 8.65. The Morgan fingerprint density at radius 2 is 1.62 bits per heavy atom. The highest BCUT2D eigenvalue weighted by Gasteiger charge is 2.24. The first-order valence-corrected chi connectivity index (χ1v) is 11.5. The lowest BCUT2D eigenvalue weighted by Gasteiger charge is -2.08.